The van der Waals surface area contributed by atoms with Gasteiger partial charge in [0, 0.05) is 50.2 Å². The van der Waals surface area contributed by atoms with Gasteiger partial charge in [0.2, 0.25) is 5.91 Å². The molecule has 6 heteroatoms. The number of piperidine rings is 1. The lowest BCUT2D eigenvalue weighted by molar-refractivity contribution is -0.133. The van der Waals surface area contributed by atoms with E-state index in [0.717, 1.165) is 49.9 Å². The Morgan fingerprint density at radius 1 is 0.893 bits per heavy atom. The quantitative estimate of drug-likeness (QED) is 0.888. The lowest BCUT2D eigenvalue weighted by Crippen LogP contribution is -2.52. The summed E-state index contributed by atoms with van der Waals surface area (Å²) < 4.78 is 0. The number of carbonyl (C=O) groups excluding carboxylic acids is 2. The van der Waals surface area contributed by atoms with Gasteiger partial charge in [0.15, 0.2) is 0 Å². The fraction of sp³-hybridized carbons (Fsp3) is 0.545. The number of piperazine rings is 1. The highest BCUT2D eigenvalue weighted by atomic mass is 16.2. The first-order valence-electron chi connectivity index (χ1n) is 10.4. The molecular formula is C22H30N4O2. The lowest BCUT2D eigenvalue weighted by Gasteiger charge is -2.35. The molecule has 2 saturated heterocycles. The van der Waals surface area contributed by atoms with Crippen molar-refractivity contribution in [2.75, 3.05) is 45.8 Å². The fourth-order valence-corrected chi connectivity index (χ4v) is 4.43. The fourth-order valence-electron chi connectivity index (χ4n) is 4.43. The van der Waals surface area contributed by atoms with E-state index in [9.17, 15) is 9.59 Å². The monoisotopic (exact) mass is 382 g/mol. The molecule has 28 heavy (non-hydrogen) atoms. The van der Waals surface area contributed by atoms with Crippen LogP contribution in [0.5, 0.6) is 0 Å². The first kappa shape index (κ1) is 19.0. The second-order valence-electron chi connectivity index (χ2n) is 8.24. The maximum atomic E-state index is 12.9. The zero-order valence-electron chi connectivity index (χ0n) is 17.0. The van der Waals surface area contributed by atoms with Crippen molar-refractivity contribution in [2.45, 2.75) is 33.1 Å². The molecule has 0 radical (unpaired) electrons. The minimum absolute atomic E-state index is 0.0512. The van der Waals surface area contributed by atoms with Gasteiger partial charge in [0.25, 0.3) is 5.91 Å². The topological polar surface area (TPSA) is 59.7 Å². The minimum atomic E-state index is 0.0512. The van der Waals surface area contributed by atoms with Crippen LogP contribution in [0.25, 0.3) is 10.9 Å². The van der Waals surface area contributed by atoms with E-state index in [1.165, 1.54) is 17.5 Å². The van der Waals surface area contributed by atoms with Gasteiger partial charge in [-0.05, 0) is 56.4 Å². The van der Waals surface area contributed by atoms with E-state index < -0.39 is 0 Å². The molecule has 4 rings (SSSR count). The summed E-state index contributed by atoms with van der Waals surface area (Å²) in [6.07, 6.45) is 3.48. The number of nitrogens with one attached hydrogen (secondary N) is 1. The Bertz CT molecular complexity index is 874. The average Bonchev–Trinajstić information content (AvgIpc) is 3.13. The molecule has 0 unspecified atom stereocenters. The maximum absolute atomic E-state index is 12.9. The van der Waals surface area contributed by atoms with Crippen molar-refractivity contribution in [3.8, 4) is 0 Å². The van der Waals surface area contributed by atoms with Gasteiger partial charge in [-0.2, -0.15) is 0 Å². The number of amides is 2. The summed E-state index contributed by atoms with van der Waals surface area (Å²) in [7, 11) is 0. The largest absolute Gasteiger partial charge is 0.351 e. The van der Waals surface area contributed by atoms with E-state index in [1.54, 1.807) is 0 Å². The summed E-state index contributed by atoms with van der Waals surface area (Å²) >= 11 is 0. The van der Waals surface area contributed by atoms with Crippen LogP contribution in [0.3, 0.4) is 0 Å². The van der Waals surface area contributed by atoms with E-state index in [0.29, 0.717) is 25.3 Å². The van der Waals surface area contributed by atoms with Crippen LogP contribution in [-0.2, 0) is 4.79 Å². The number of carbonyl (C=O) groups is 2. The number of aromatic nitrogens is 1. The van der Waals surface area contributed by atoms with Gasteiger partial charge in [-0.15, -0.1) is 0 Å². The summed E-state index contributed by atoms with van der Waals surface area (Å²) in [5.41, 5.74) is 4.05. The summed E-state index contributed by atoms with van der Waals surface area (Å²) in [4.78, 5) is 34.8. The number of fused-ring (bicyclic) bond motifs is 1. The third kappa shape index (κ3) is 3.92. The van der Waals surface area contributed by atoms with Crippen LogP contribution in [0.4, 0.5) is 0 Å². The van der Waals surface area contributed by atoms with E-state index in [4.69, 9.17) is 0 Å². The van der Waals surface area contributed by atoms with Crippen LogP contribution in [0.1, 0.15) is 40.9 Å². The number of nitrogens with zero attached hydrogens (tertiary/aromatic N) is 3. The highest BCUT2D eigenvalue weighted by Gasteiger charge is 2.26. The van der Waals surface area contributed by atoms with Crippen LogP contribution in [-0.4, -0.2) is 77.3 Å². The van der Waals surface area contributed by atoms with Gasteiger partial charge in [0.05, 0.1) is 6.54 Å². The Labute approximate surface area is 166 Å². The molecule has 2 aliphatic rings. The van der Waals surface area contributed by atoms with Crippen molar-refractivity contribution in [1.82, 2.24) is 19.7 Å². The molecule has 2 aliphatic heterocycles. The number of hydrogen-bond acceptors (Lipinski definition) is 3. The molecule has 2 aromatic rings. The normalized spacial score (nSPS) is 18.6. The maximum Gasteiger partial charge on any atom is 0.270 e. The highest BCUT2D eigenvalue weighted by Crippen LogP contribution is 2.22. The molecule has 6 nitrogen and oxygen atoms in total. The first-order chi connectivity index (χ1) is 13.5. The van der Waals surface area contributed by atoms with E-state index in [2.05, 4.69) is 35.9 Å². The number of aromatic amines is 1. The molecule has 150 valence electrons. The van der Waals surface area contributed by atoms with Crippen molar-refractivity contribution in [2.24, 2.45) is 0 Å². The molecule has 1 aromatic carbocycles. The predicted molar refractivity (Wildman–Crippen MR) is 111 cm³/mol. The van der Waals surface area contributed by atoms with Crippen LogP contribution in [0, 0.1) is 13.8 Å². The van der Waals surface area contributed by atoms with Gasteiger partial charge in [0.1, 0.15) is 5.69 Å². The number of benzene rings is 1. The number of aryl methyl sites for hydroxylation is 2. The second kappa shape index (κ2) is 7.95. The summed E-state index contributed by atoms with van der Waals surface area (Å²) in [6.45, 7) is 9.26. The third-order valence-electron chi connectivity index (χ3n) is 6.05. The smallest absolute Gasteiger partial charge is 0.270 e. The molecule has 0 spiro atoms. The van der Waals surface area contributed by atoms with Gasteiger partial charge in [-0.3, -0.25) is 14.5 Å². The molecule has 0 bridgehead atoms. The molecule has 0 atom stereocenters. The number of rotatable bonds is 3. The predicted octanol–water partition coefficient (Wildman–Crippen LogP) is 2.56. The van der Waals surface area contributed by atoms with Gasteiger partial charge >= 0.3 is 0 Å². The first-order valence-corrected chi connectivity index (χ1v) is 10.4. The van der Waals surface area contributed by atoms with Crippen LogP contribution >= 0.6 is 0 Å². The SMILES string of the molecule is Cc1cc(C)c2cc(C(=O)N3CCN(CC(=O)N4CCCCC4)CC3)[nH]c2c1. The Hall–Kier alpha value is -2.34. The molecule has 2 fully saturated rings. The van der Waals surface area contributed by atoms with Crippen molar-refractivity contribution < 1.29 is 9.59 Å². The van der Waals surface area contributed by atoms with E-state index >= 15 is 0 Å². The summed E-state index contributed by atoms with van der Waals surface area (Å²) in [5.74, 6) is 0.288. The number of hydrogen-bond donors (Lipinski definition) is 1. The van der Waals surface area contributed by atoms with Crippen molar-refractivity contribution >= 4 is 22.7 Å². The Balaban J connectivity index is 1.35. The summed E-state index contributed by atoms with van der Waals surface area (Å²) in [5, 5.41) is 1.11. The van der Waals surface area contributed by atoms with Crippen LogP contribution in [0.15, 0.2) is 18.2 Å². The second-order valence-corrected chi connectivity index (χ2v) is 8.24. The Morgan fingerprint density at radius 2 is 1.61 bits per heavy atom. The van der Waals surface area contributed by atoms with Crippen molar-refractivity contribution in [1.29, 1.82) is 0 Å². The number of likely N-dealkylation sites (tertiary alicyclic amines) is 1. The lowest BCUT2D eigenvalue weighted by atomic mass is 10.1. The zero-order valence-corrected chi connectivity index (χ0v) is 17.0. The summed E-state index contributed by atoms with van der Waals surface area (Å²) in [6, 6.07) is 6.20. The highest BCUT2D eigenvalue weighted by molar-refractivity contribution is 5.99. The van der Waals surface area contributed by atoms with Gasteiger partial charge < -0.3 is 14.8 Å². The van der Waals surface area contributed by atoms with E-state index in [-0.39, 0.29) is 11.8 Å². The molecule has 0 aliphatic carbocycles. The molecule has 2 amide bonds. The van der Waals surface area contributed by atoms with Crippen LogP contribution in [0.2, 0.25) is 0 Å². The zero-order chi connectivity index (χ0) is 19.7. The molecule has 0 saturated carbocycles. The number of H-pyrrole nitrogens is 1. The standard InChI is InChI=1S/C22H30N4O2/c1-16-12-17(2)18-14-20(23-19(18)13-16)22(28)26-10-8-24(9-11-26)15-21(27)25-6-4-3-5-7-25/h12-14,23H,3-11,15H2,1-2H3. The molecule has 3 heterocycles. The van der Waals surface area contributed by atoms with Crippen molar-refractivity contribution in [3.63, 3.8) is 0 Å². The Morgan fingerprint density at radius 3 is 2.32 bits per heavy atom. The third-order valence-corrected chi connectivity index (χ3v) is 6.05. The van der Waals surface area contributed by atoms with Gasteiger partial charge in [-0.1, -0.05) is 6.07 Å². The Kier molecular flexibility index (Phi) is 5.40. The van der Waals surface area contributed by atoms with E-state index in [1.807, 2.05) is 15.9 Å². The molecular weight excluding hydrogens is 352 g/mol. The van der Waals surface area contributed by atoms with Crippen LogP contribution < -0.4 is 0 Å². The van der Waals surface area contributed by atoms with Gasteiger partial charge in [-0.25, -0.2) is 0 Å². The average molecular weight is 383 g/mol. The van der Waals surface area contributed by atoms with Crippen molar-refractivity contribution in [3.05, 3.63) is 35.0 Å². The molecule has 1 N–H and O–H groups in total. The molecule has 1 aromatic heterocycles. The minimum Gasteiger partial charge on any atom is -0.351 e.